The fourth-order valence-electron chi connectivity index (χ4n) is 0.931. The summed E-state index contributed by atoms with van der Waals surface area (Å²) in [5.74, 6) is -2.08. The van der Waals surface area contributed by atoms with Crippen molar-refractivity contribution in [1.29, 1.82) is 0 Å². The number of ether oxygens (including phenoxy) is 2. The van der Waals surface area contributed by atoms with E-state index >= 15 is 0 Å². The van der Waals surface area contributed by atoms with E-state index in [9.17, 15) is 14.7 Å². The summed E-state index contributed by atoms with van der Waals surface area (Å²) < 4.78 is 9.35. The third-order valence-corrected chi connectivity index (χ3v) is 1.82. The first-order valence-corrected chi connectivity index (χ1v) is 4.84. The molecule has 0 aromatic carbocycles. The van der Waals surface area contributed by atoms with Gasteiger partial charge in [-0.2, -0.15) is 0 Å². The molecule has 0 amide bonds. The summed E-state index contributed by atoms with van der Waals surface area (Å²) in [6.07, 6.45) is -0.0835. The molecule has 2 unspecified atom stereocenters. The summed E-state index contributed by atoms with van der Waals surface area (Å²) in [5.41, 5.74) is 0. The van der Waals surface area contributed by atoms with Crippen LogP contribution in [0.15, 0.2) is 25.0 Å². The molecule has 5 nitrogen and oxygen atoms in total. The molecule has 0 aromatic rings. The van der Waals surface area contributed by atoms with Crippen LogP contribution in [0.25, 0.3) is 0 Å². The highest BCUT2D eigenvalue weighted by Gasteiger charge is 2.21. The summed E-state index contributed by atoms with van der Waals surface area (Å²) in [6, 6.07) is 0. The molecule has 0 heterocycles. The molecule has 16 heavy (non-hydrogen) atoms. The Bertz CT molecular complexity index is 293. The van der Waals surface area contributed by atoms with Gasteiger partial charge in [0.15, 0.2) is 0 Å². The fraction of sp³-hybridized carbons (Fsp3) is 0.455. The summed E-state index contributed by atoms with van der Waals surface area (Å²) >= 11 is 0. The minimum atomic E-state index is -0.872. The SMILES string of the molecule is C=CC(=O)OC(=C)C(=O)OC(CC)C(C)O. The molecule has 0 aromatic heterocycles. The van der Waals surface area contributed by atoms with Crippen molar-refractivity contribution in [3.05, 3.63) is 25.0 Å². The van der Waals surface area contributed by atoms with E-state index in [1.54, 1.807) is 6.92 Å². The van der Waals surface area contributed by atoms with E-state index < -0.39 is 29.9 Å². The molecule has 0 aliphatic carbocycles. The van der Waals surface area contributed by atoms with Gasteiger partial charge in [0.05, 0.1) is 6.10 Å². The van der Waals surface area contributed by atoms with Crippen molar-refractivity contribution in [3.63, 3.8) is 0 Å². The number of esters is 2. The van der Waals surface area contributed by atoms with Gasteiger partial charge in [-0.15, -0.1) is 0 Å². The molecule has 0 fully saturated rings. The maximum Gasteiger partial charge on any atom is 0.374 e. The van der Waals surface area contributed by atoms with Crippen LogP contribution in [-0.4, -0.2) is 29.3 Å². The van der Waals surface area contributed by atoms with Gasteiger partial charge in [0.1, 0.15) is 6.10 Å². The van der Waals surface area contributed by atoms with E-state index in [0.717, 1.165) is 6.08 Å². The lowest BCUT2D eigenvalue weighted by Gasteiger charge is -2.18. The number of hydrogen-bond acceptors (Lipinski definition) is 5. The van der Waals surface area contributed by atoms with Gasteiger partial charge in [0.25, 0.3) is 0 Å². The van der Waals surface area contributed by atoms with Crippen LogP contribution in [-0.2, 0) is 19.1 Å². The maximum atomic E-state index is 11.3. The van der Waals surface area contributed by atoms with Crippen molar-refractivity contribution in [2.45, 2.75) is 32.5 Å². The van der Waals surface area contributed by atoms with Crippen LogP contribution in [0, 0.1) is 0 Å². The van der Waals surface area contributed by atoms with Crippen LogP contribution in [0.1, 0.15) is 20.3 Å². The van der Waals surface area contributed by atoms with Gasteiger partial charge >= 0.3 is 11.9 Å². The predicted molar refractivity (Wildman–Crippen MR) is 57.3 cm³/mol. The van der Waals surface area contributed by atoms with E-state index in [1.807, 2.05) is 0 Å². The van der Waals surface area contributed by atoms with E-state index in [0.29, 0.717) is 6.42 Å². The van der Waals surface area contributed by atoms with Gasteiger partial charge in [-0.05, 0) is 19.9 Å². The lowest BCUT2D eigenvalue weighted by Crippen LogP contribution is -2.29. The Labute approximate surface area is 94.4 Å². The average Bonchev–Trinajstić information content (AvgIpc) is 2.24. The van der Waals surface area contributed by atoms with Gasteiger partial charge in [0.2, 0.25) is 5.76 Å². The molecule has 90 valence electrons. The second-order valence-electron chi connectivity index (χ2n) is 3.14. The van der Waals surface area contributed by atoms with Crippen LogP contribution in [0.2, 0.25) is 0 Å². The standard InChI is InChI=1S/C11H16O5/c1-5-9(7(3)12)16-11(14)8(4)15-10(13)6-2/h6-7,9,12H,2,4-5H2,1,3H3. The van der Waals surface area contributed by atoms with E-state index in [4.69, 9.17) is 4.74 Å². The number of carbonyl (C=O) groups is 2. The maximum absolute atomic E-state index is 11.3. The first-order chi connectivity index (χ1) is 7.42. The highest BCUT2D eigenvalue weighted by Crippen LogP contribution is 2.08. The Morgan fingerprint density at radius 3 is 2.44 bits per heavy atom. The molecule has 0 saturated heterocycles. The lowest BCUT2D eigenvalue weighted by atomic mass is 10.2. The van der Waals surface area contributed by atoms with Crippen LogP contribution < -0.4 is 0 Å². The quantitative estimate of drug-likeness (QED) is 0.416. The van der Waals surface area contributed by atoms with Crippen molar-refractivity contribution in [2.24, 2.45) is 0 Å². The zero-order valence-corrected chi connectivity index (χ0v) is 9.43. The molecule has 0 saturated carbocycles. The first-order valence-electron chi connectivity index (χ1n) is 4.84. The van der Waals surface area contributed by atoms with Crippen LogP contribution in [0.3, 0.4) is 0 Å². The monoisotopic (exact) mass is 228 g/mol. The summed E-state index contributed by atoms with van der Waals surface area (Å²) in [4.78, 5) is 22.1. The lowest BCUT2D eigenvalue weighted by molar-refractivity contribution is -0.157. The van der Waals surface area contributed by atoms with Gasteiger partial charge in [-0.3, -0.25) is 0 Å². The molecule has 1 N–H and O–H groups in total. The Kier molecular flexibility index (Phi) is 6.10. The minimum Gasteiger partial charge on any atom is -0.454 e. The topological polar surface area (TPSA) is 72.8 Å². The fourth-order valence-corrected chi connectivity index (χ4v) is 0.931. The Morgan fingerprint density at radius 2 is 2.06 bits per heavy atom. The molecule has 0 rings (SSSR count). The van der Waals surface area contributed by atoms with Crippen molar-refractivity contribution in [3.8, 4) is 0 Å². The van der Waals surface area contributed by atoms with Crippen molar-refractivity contribution in [2.75, 3.05) is 0 Å². The number of hydrogen-bond donors (Lipinski definition) is 1. The second kappa shape index (κ2) is 6.79. The van der Waals surface area contributed by atoms with Crippen molar-refractivity contribution in [1.82, 2.24) is 0 Å². The van der Waals surface area contributed by atoms with Crippen LogP contribution in [0.5, 0.6) is 0 Å². The van der Waals surface area contributed by atoms with Gasteiger partial charge < -0.3 is 14.6 Å². The molecule has 0 spiro atoms. The third-order valence-electron chi connectivity index (χ3n) is 1.82. The highest BCUT2D eigenvalue weighted by molar-refractivity contribution is 5.91. The molecule has 5 heteroatoms. The van der Waals surface area contributed by atoms with E-state index in [-0.39, 0.29) is 0 Å². The highest BCUT2D eigenvalue weighted by atomic mass is 16.6. The third kappa shape index (κ3) is 4.75. The van der Waals surface area contributed by atoms with Gasteiger partial charge in [-0.25, -0.2) is 9.59 Å². The number of carbonyl (C=O) groups excluding carboxylic acids is 2. The number of aliphatic hydroxyl groups is 1. The van der Waals surface area contributed by atoms with Crippen molar-refractivity contribution >= 4 is 11.9 Å². The summed E-state index contributed by atoms with van der Waals surface area (Å²) in [6.45, 7) is 9.67. The molecular formula is C11H16O5. The van der Waals surface area contributed by atoms with Crippen molar-refractivity contribution < 1.29 is 24.2 Å². The normalized spacial score (nSPS) is 13.4. The molecule has 0 aliphatic rings. The van der Waals surface area contributed by atoms with Gasteiger partial charge in [0, 0.05) is 6.08 Å². The smallest absolute Gasteiger partial charge is 0.374 e. The van der Waals surface area contributed by atoms with Gasteiger partial charge in [-0.1, -0.05) is 13.5 Å². The first kappa shape index (κ1) is 14.4. The largest absolute Gasteiger partial charge is 0.454 e. The van der Waals surface area contributed by atoms with E-state index in [2.05, 4.69) is 17.9 Å². The van der Waals surface area contributed by atoms with E-state index in [1.165, 1.54) is 6.92 Å². The molecule has 0 aliphatic heterocycles. The van der Waals surface area contributed by atoms with Crippen LogP contribution in [0.4, 0.5) is 0 Å². The Hall–Kier alpha value is -1.62. The number of rotatable bonds is 6. The van der Waals surface area contributed by atoms with Crippen LogP contribution >= 0.6 is 0 Å². The molecular weight excluding hydrogens is 212 g/mol. The minimum absolute atomic E-state index is 0.427. The molecule has 0 bridgehead atoms. The molecule has 2 atom stereocenters. The average molecular weight is 228 g/mol. The second-order valence-corrected chi connectivity index (χ2v) is 3.14. The summed E-state index contributed by atoms with van der Waals surface area (Å²) in [5, 5.41) is 9.24. The Morgan fingerprint density at radius 1 is 1.50 bits per heavy atom. The molecule has 0 radical (unpaired) electrons. The predicted octanol–water partition coefficient (Wildman–Crippen LogP) is 0.932. The number of aliphatic hydroxyl groups excluding tert-OH is 1. The zero-order valence-electron chi connectivity index (χ0n) is 9.43. The summed E-state index contributed by atoms with van der Waals surface area (Å²) in [7, 11) is 0. The zero-order chi connectivity index (χ0) is 12.7. The Balaban J connectivity index is 4.29.